The van der Waals surface area contributed by atoms with Crippen LogP contribution in [0.2, 0.25) is 0 Å². The van der Waals surface area contributed by atoms with Gasteiger partial charge in [0.25, 0.3) is 0 Å². The van der Waals surface area contributed by atoms with Crippen LogP contribution in [-0.4, -0.2) is 31.4 Å². The molecule has 90 valence electrons. The maximum absolute atomic E-state index is 8.56. The molecule has 0 fully saturated rings. The van der Waals surface area contributed by atoms with Crippen molar-refractivity contribution < 1.29 is 9.84 Å². The summed E-state index contributed by atoms with van der Waals surface area (Å²) in [6.45, 7) is 4.65. The van der Waals surface area contributed by atoms with Crippen LogP contribution in [0.1, 0.15) is 18.4 Å². The minimum Gasteiger partial charge on any atom is -0.494 e. The molecule has 0 unspecified atom stereocenters. The van der Waals surface area contributed by atoms with Gasteiger partial charge in [-0.2, -0.15) is 0 Å². The first kappa shape index (κ1) is 13.0. The Labute approximate surface area is 97.4 Å². The van der Waals surface area contributed by atoms with E-state index in [4.69, 9.17) is 9.84 Å². The second-order valence-electron chi connectivity index (χ2n) is 3.85. The quantitative estimate of drug-likeness (QED) is 0.660. The summed E-state index contributed by atoms with van der Waals surface area (Å²) in [4.78, 5) is 0. The van der Waals surface area contributed by atoms with Crippen molar-refractivity contribution in [3.05, 3.63) is 29.8 Å². The number of unbranched alkanes of at least 4 members (excludes halogenated alkanes) is 1. The van der Waals surface area contributed by atoms with E-state index < -0.39 is 0 Å². The Bertz CT molecular complexity index is 289. The summed E-state index contributed by atoms with van der Waals surface area (Å²) in [5.74, 6) is 0.948. The molecule has 0 atom stereocenters. The van der Waals surface area contributed by atoms with Crippen molar-refractivity contribution in [1.82, 2.24) is 5.32 Å². The fraction of sp³-hybridized carbons (Fsp3) is 0.538. The summed E-state index contributed by atoms with van der Waals surface area (Å²) >= 11 is 0. The first-order valence-corrected chi connectivity index (χ1v) is 5.84. The van der Waals surface area contributed by atoms with Gasteiger partial charge in [-0.1, -0.05) is 12.1 Å². The lowest BCUT2D eigenvalue weighted by atomic mass is 10.2. The van der Waals surface area contributed by atoms with Crippen LogP contribution in [0.25, 0.3) is 0 Å². The lowest BCUT2D eigenvalue weighted by Crippen LogP contribution is -2.19. The minimum atomic E-state index is 0.208. The number of hydrogen-bond donors (Lipinski definition) is 2. The molecule has 1 aromatic carbocycles. The highest BCUT2D eigenvalue weighted by molar-refractivity contribution is 5.27. The van der Waals surface area contributed by atoms with Crippen LogP contribution in [0.15, 0.2) is 24.3 Å². The zero-order valence-electron chi connectivity index (χ0n) is 9.91. The van der Waals surface area contributed by atoms with Crippen LogP contribution in [0, 0.1) is 6.92 Å². The Morgan fingerprint density at radius 2 is 2.12 bits per heavy atom. The lowest BCUT2D eigenvalue weighted by Gasteiger charge is -2.07. The molecule has 0 radical (unpaired) electrons. The van der Waals surface area contributed by atoms with Gasteiger partial charge in [-0.3, -0.25) is 0 Å². The van der Waals surface area contributed by atoms with E-state index in [2.05, 4.69) is 18.3 Å². The minimum absolute atomic E-state index is 0.208. The molecule has 0 saturated heterocycles. The van der Waals surface area contributed by atoms with Crippen LogP contribution < -0.4 is 10.1 Å². The van der Waals surface area contributed by atoms with Gasteiger partial charge < -0.3 is 15.2 Å². The molecule has 16 heavy (non-hydrogen) atoms. The number of benzene rings is 1. The maximum atomic E-state index is 8.56. The predicted octanol–water partition coefficient (Wildman–Crippen LogP) is 1.74. The predicted molar refractivity (Wildman–Crippen MR) is 65.9 cm³/mol. The van der Waals surface area contributed by atoms with Gasteiger partial charge in [0.2, 0.25) is 0 Å². The van der Waals surface area contributed by atoms with E-state index in [1.54, 1.807) is 0 Å². The van der Waals surface area contributed by atoms with E-state index in [0.29, 0.717) is 6.54 Å². The average molecular weight is 223 g/mol. The van der Waals surface area contributed by atoms with Crippen molar-refractivity contribution in [2.45, 2.75) is 19.8 Å². The van der Waals surface area contributed by atoms with Gasteiger partial charge in [0.1, 0.15) is 5.75 Å². The van der Waals surface area contributed by atoms with E-state index in [-0.39, 0.29) is 6.61 Å². The van der Waals surface area contributed by atoms with Crippen LogP contribution in [0.5, 0.6) is 5.75 Å². The van der Waals surface area contributed by atoms with Crippen molar-refractivity contribution in [3.63, 3.8) is 0 Å². The third-order valence-electron chi connectivity index (χ3n) is 2.29. The van der Waals surface area contributed by atoms with Crippen LogP contribution in [-0.2, 0) is 0 Å². The number of aryl methyl sites for hydroxylation is 1. The summed E-state index contributed by atoms with van der Waals surface area (Å²) in [6.07, 6.45) is 2.11. The number of ether oxygens (including phenoxy) is 1. The molecule has 3 nitrogen and oxygen atoms in total. The van der Waals surface area contributed by atoms with Crippen LogP contribution in [0.4, 0.5) is 0 Å². The topological polar surface area (TPSA) is 41.5 Å². The van der Waals surface area contributed by atoms with Gasteiger partial charge in [-0.05, 0) is 44.0 Å². The standard InChI is InChI=1S/C13H21NO2/c1-12-5-4-6-13(11-12)16-10-3-2-7-14-8-9-15/h4-6,11,14-15H,2-3,7-10H2,1H3. The number of nitrogens with one attached hydrogen (secondary N) is 1. The summed E-state index contributed by atoms with van der Waals surface area (Å²) in [5.41, 5.74) is 1.22. The Morgan fingerprint density at radius 3 is 2.88 bits per heavy atom. The summed E-state index contributed by atoms with van der Waals surface area (Å²) in [7, 11) is 0. The van der Waals surface area contributed by atoms with Gasteiger partial charge in [-0.25, -0.2) is 0 Å². The van der Waals surface area contributed by atoms with E-state index >= 15 is 0 Å². The molecular formula is C13H21NO2. The van der Waals surface area contributed by atoms with Gasteiger partial charge in [0, 0.05) is 6.54 Å². The normalized spacial score (nSPS) is 10.4. The molecule has 0 aliphatic heterocycles. The molecule has 3 heteroatoms. The van der Waals surface area contributed by atoms with Gasteiger partial charge in [0.05, 0.1) is 13.2 Å². The Balaban J connectivity index is 2.03. The second kappa shape index (κ2) is 8.13. The van der Waals surface area contributed by atoms with E-state index in [1.807, 2.05) is 18.2 Å². The van der Waals surface area contributed by atoms with Gasteiger partial charge in [0.15, 0.2) is 0 Å². The third-order valence-corrected chi connectivity index (χ3v) is 2.29. The summed E-state index contributed by atoms with van der Waals surface area (Å²) in [5, 5.41) is 11.7. The molecule has 0 saturated carbocycles. The van der Waals surface area contributed by atoms with E-state index in [1.165, 1.54) is 5.56 Å². The molecule has 2 N–H and O–H groups in total. The zero-order chi connectivity index (χ0) is 11.6. The van der Waals surface area contributed by atoms with Gasteiger partial charge in [-0.15, -0.1) is 0 Å². The first-order valence-electron chi connectivity index (χ1n) is 5.84. The number of aliphatic hydroxyl groups is 1. The first-order chi connectivity index (χ1) is 7.83. The fourth-order valence-electron chi connectivity index (χ4n) is 1.45. The summed E-state index contributed by atoms with van der Waals surface area (Å²) in [6, 6.07) is 8.10. The highest BCUT2D eigenvalue weighted by atomic mass is 16.5. The molecule has 0 heterocycles. The molecule has 1 rings (SSSR count). The number of aliphatic hydroxyl groups excluding tert-OH is 1. The zero-order valence-corrected chi connectivity index (χ0v) is 9.91. The van der Waals surface area contributed by atoms with E-state index in [9.17, 15) is 0 Å². The summed E-state index contributed by atoms with van der Waals surface area (Å²) < 4.78 is 5.62. The molecular weight excluding hydrogens is 202 g/mol. The van der Waals surface area contributed by atoms with Crippen molar-refractivity contribution >= 4 is 0 Å². The fourth-order valence-corrected chi connectivity index (χ4v) is 1.45. The smallest absolute Gasteiger partial charge is 0.119 e. The van der Waals surface area contributed by atoms with Gasteiger partial charge >= 0.3 is 0 Å². The van der Waals surface area contributed by atoms with E-state index in [0.717, 1.165) is 31.7 Å². The molecule has 0 bridgehead atoms. The monoisotopic (exact) mass is 223 g/mol. The molecule has 0 aromatic heterocycles. The van der Waals surface area contributed by atoms with Crippen molar-refractivity contribution in [2.24, 2.45) is 0 Å². The lowest BCUT2D eigenvalue weighted by molar-refractivity contribution is 0.286. The molecule has 0 amide bonds. The Kier molecular flexibility index (Phi) is 6.61. The highest BCUT2D eigenvalue weighted by Crippen LogP contribution is 2.12. The van der Waals surface area contributed by atoms with Crippen molar-refractivity contribution in [3.8, 4) is 5.75 Å². The largest absolute Gasteiger partial charge is 0.494 e. The van der Waals surface area contributed by atoms with Crippen molar-refractivity contribution in [1.29, 1.82) is 0 Å². The maximum Gasteiger partial charge on any atom is 0.119 e. The van der Waals surface area contributed by atoms with Crippen LogP contribution in [0.3, 0.4) is 0 Å². The number of rotatable bonds is 8. The molecule has 0 spiro atoms. The van der Waals surface area contributed by atoms with Crippen LogP contribution >= 0.6 is 0 Å². The van der Waals surface area contributed by atoms with Crippen molar-refractivity contribution in [2.75, 3.05) is 26.3 Å². The average Bonchev–Trinajstić information content (AvgIpc) is 2.28. The Morgan fingerprint density at radius 1 is 1.25 bits per heavy atom. The third kappa shape index (κ3) is 5.73. The second-order valence-corrected chi connectivity index (χ2v) is 3.85. The Hall–Kier alpha value is -1.06. The number of hydrogen-bond acceptors (Lipinski definition) is 3. The molecule has 1 aromatic rings. The molecule has 0 aliphatic carbocycles. The highest BCUT2D eigenvalue weighted by Gasteiger charge is 1.94. The SMILES string of the molecule is Cc1cccc(OCCCCNCCO)c1. The molecule has 0 aliphatic rings.